The smallest absolute Gasteiger partial charge is 0.410 e. The van der Waals surface area contributed by atoms with Crippen LogP contribution in [0.15, 0.2) is 48.5 Å². The minimum atomic E-state index is -1.07. The van der Waals surface area contributed by atoms with Crippen LogP contribution in [0.25, 0.3) is 11.1 Å². The number of benzene rings is 2. The molecule has 0 aromatic heterocycles. The number of hydrogen-bond donors (Lipinski definition) is 1. The lowest BCUT2D eigenvalue weighted by atomic mass is 9.96. The quantitative estimate of drug-likeness (QED) is 0.634. The van der Waals surface area contributed by atoms with Gasteiger partial charge in [0.15, 0.2) is 6.04 Å². The number of rotatable bonds is 9. The number of amides is 1. The van der Waals surface area contributed by atoms with Crippen molar-refractivity contribution in [1.82, 2.24) is 4.90 Å². The third-order valence-electron chi connectivity index (χ3n) is 6.24. The molecule has 0 saturated heterocycles. The molecule has 2 aliphatic carbocycles. The van der Waals surface area contributed by atoms with Crippen molar-refractivity contribution in [3.63, 3.8) is 0 Å². The van der Waals surface area contributed by atoms with E-state index in [1.807, 2.05) is 31.2 Å². The SMILES string of the molecule is CCCN(C(=O)OCC1c2ccccc2-c2ccccc21)[C@@H](COC1CCC1)C(=O)O. The molecule has 1 saturated carbocycles. The highest BCUT2D eigenvalue weighted by Gasteiger charge is 2.34. The number of hydrogen-bond acceptors (Lipinski definition) is 4. The van der Waals surface area contributed by atoms with E-state index in [4.69, 9.17) is 9.47 Å². The molecule has 0 radical (unpaired) electrons. The maximum atomic E-state index is 13.0. The van der Waals surface area contributed by atoms with E-state index in [0.29, 0.717) is 13.0 Å². The van der Waals surface area contributed by atoms with E-state index in [0.717, 1.165) is 41.5 Å². The number of carboxylic acid groups (broad SMARTS) is 1. The average Bonchev–Trinajstić information content (AvgIpc) is 3.06. The molecule has 2 aromatic carbocycles. The van der Waals surface area contributed by atoms with Crippen LogP contribution in [0, 0.1) is 0 Å². The molecule has 2 aromatic rings. The Morgan fingerprint density at radius 3 is 2.19 bits per heavy atom. The first kappa shape index (κ1) is 21.4. The van der Waals surface area contributed by atoms with Gasteiger partial charge in [0.05, 0.1) is 12.7 Å². The lowest BCUT2D eigenvalue weighted by molar-refractivity contribution is -0.147. The van der Waals surface area contributed by atoms with Gasteiger partial charge in [0.1, 0.15) is 6.61 Å². The molecule has 1 N–H and O–H groups in total. The van der Waals surface area contributed by atoms with E-state index in [1.54, 1.807) is 0 Å². The maximum Gasteiger partial charge on any atom is 0.410 e. The molecule has 0 spiro atoms. The van der Waals surface area contributed by atoms with E-state index in [9.17, 15) is 14.7 Å². The average molecular weight is 424 g/mol. The van der Waals surface area contributed by atoms with Gasteiger partial charge >= 0.3 is 12.1 Å². The highest BCUT2D eigenvalue weighted by Crippen LogP contribution is 2.44. The molecular formula is C25H29NO5. The second-order valence-corrected chi connectivity index (χ2v) is 8.24. The Hall–Kier alpha value is -2.86. The summed E-state index contributed by atoms with van der Waals surface area (Å²) in [5.74, 6) is -1.13. The Morgan fingerprint density at radius 2 is 1.68 bits per heavy atom. The fraction of sp³-hybridized carbons (Fsp3) is 0.440. The van der Waals surface area contributed by atoms with Crippen molar-refractivity contribution in [3.05, 3.63) is 59.7 Å². The van der Waals surface area contributed by atoms with Crippen molar-refractivity contribution in [3.8, 4) is 11.1 Å². The van der Waals surface area contributed by atoms with Crippen LogP contribution in [0.2, 0.25) is 0 Å². The summed E-state index contributed by atoms with van der Waals surface area (Å²) in [6.45, 7) is 2.38. The third-order valence-corrected chi connectivity index (χ3v) is 6.24. The molecule has 6 heteroatoms. The fourth-order valence-corrected chi connectivity index (χ4v) is 4.35. The summed E-state index contributed by atoms with van der Waals surface area (Å²) < 4.78 is 11.4. The van der Waals surface area contributed by atoms with Crippen LogP contribution in [-0.2, 0) is 14.3 Å². The summed E-state index contributed by atoms with van der Waals surface area (Å²) in [4.78, 5) is 26.2. The largest absolute Gasteiger partial charge is 0.480 e. The van der Waals surface area contributed by atoms with Crippen LogP contribution < -0.4 is 0 Å². The van der Waals surface area contributed by atoms with Crippen LogP contribution in [-0.4, -0.2) is 54.0 Å². The minimum absolute atomic E-state index is 0.00973. The van der Waals surface area contributed by atoms with Crippen LogP contribution in [0.5, 0.6) is 0 Å². The van der Waals surface area contributed by atoms with E-state index in [2.05, 4.69) is 24.3 Å². The molecule has 1 atom stereocenters. The highest BCUT2D eigenvalue weighted by molar-refractivity contribution is 5.81. The zero-order valence-corrected chi connectivity index (χ0v) is 17.8. The normalized spacial score (nSPS) is 16.2. The molecule has 0 bridgehead atoms. The Labute approximate surface area is 182 Å². The number of carbonyl (C=O) groups excluding carboxylic acids is 1. The molecule has 1 amide bonds. The molecule has 1 fully saturated rings. The summed E-state index contributed by atoms with van der Waals surface area (Å²) in [6.07, 6.45) is 3.14. The van der Waals surface area contributed by atoms with Crippen molar-refractivity contribution in [2.45, 2.75) is 50.7 Å². The second kappa shape index (κ2) is 9.52. The Balaban J connectivity index is 1.47. The van der Waals surface area contributed by atoms with Gasteiger partial charge in [0, 0.05) is 12.5 Å². The number of aliphatic carboxylic acids is 1. The van der Waals surface area contributed by atoms with Gasteiger partial charge in [0.2, 0.25) is 0 Å². The number of ether oxygens (including phenoxy) is 2. The topological polar surface area (TPSA) is 76.1 Å². The van der Waals surface area contributed by atoms with Gasteiger partial charge < -0.3 is 14.6 Å². The monoisotopic (exact) mass is 423 g/mol. The Kier molecular flexibility index (Phi) is 6.56. The van der Waals surface area contributed by atoms with Gasteiger partial charge in [-0.25, -0.2) is 9.59 Å². The van der Waals surface area contributed by atoms with Crippen LogP contribution in [0.1, 0.15) is 49.7 Å². The predicted octanol–water partition coefficient (Wildman–Crippen LogP) is 4.67. The first-order valence-corrected chi connectivity index (χ1v) is 11.1. The summed E-state index contributed by atoms with van der Waals surface area (Å²) in [7, 11) is 0. The van der Waals surface area contributed by atoms with Crippen molar-refractivity contribution < 1.29 is 24.2 Å². The van der Waals surface area contributed by atoms with Gasteiger partial charge in [-0.1, -0.05) is 55.5 Å². The molecule has 2 aliphatic rings. The maximum absolute atomic E-state index is 13.0. The number of fused-ring (bicyclic) bond motifs is 3. The summed E-state index contributed by atoms with van der Waals surface area (Å²) in [5.41, 5.74) is 4.56. The van der Waals surface area contributed by atoms with Crippen molar-refractivity contribution in [1.29, 1.82) is 0 Å². The molecule has 4 rings (SSSR count). The molecule has 164 valence electrons. The Bertz CT molecular complexity index is 894. The Morgan fingerprint density at radius 1 is 1.06 bits per heavy atom. The zero-order chi connectivity index (χ0) is 21.8. The van der Waals surface area contributed by atoms with Crippen molar-refractivity contribution in [2.75, 3.05) is 19.8 Å². The van der Waals surface area contributed by atoms with E-state index in [-0.39, 0.29) is 25.2 Å². The van der Waals surface area contributed by atoms with Crippen LogP contribution in [0.3, 0.4) is 0 Å². The van der Waals surface area contributed by atoms with Gasteiger partial charge in [-0.05, 0) is 47.9 Å². The summed E-state index contributed by atoms with van der Waals surface area (Å²) >= 11 is 0. The van der Waals surface area contributed by atoms with E-state index in [1.165, 1.54) is 4.90 Å². The zero-order valence-electron chi connectivity index (χ0n) is 17.8. The van der Waals surface area contributed by atoms with Crippen LogP contribution >= 0.6 is 0 Å². The molecule has 31 heavy (non-hydrogen) atoms. The first-order valence-electron chi connectivity index (χ1n) is 11.1. The molecule has 6 nitrogen and oxygen atoms in total. The summed E-state index contributed by atoms with van der Waals surface area (Å²) in [6, 6.07) is 15.2. The van der Waals surface area contributed by atoms with Crippen molar-refractivity contribution in [2.24, 2.45) is 0 Å². The number of carbonyl (C=O) groups is 2. The van der Waals surface area contributed by atoms with Gasteiger partial charge in [-0.3, -0.25) is 4.90 Å². The van der Waals surface area contributed by atoms with Gasteiger partial charge in [0.25, 0.3) is 0 Å². The van der Waals surface area contributed by atoms with Gasteiger partial charge in [-0.15, -0.1) is 0 Å². The van der Waals surface area contributed by atoms with E-state index < -0.39 is 18.1 Å². The lowest BCUT2D eigenvalue weighted by Crippen LogP contribution is -2.49. The van der Waals surface area contributed by atoms with Crippen LogP contribution in [0.4, 0.5) is 4.79 Å². The van der Waals surface area contributed by atoms with Gasteiger partial charge in [-0.2, -0.15) is 0 Å². The summed E-state index contributed by atoms with van der Waals surface area (Å²) in [5, 5.41) is 9.73. The first-order chi connectivity index (χ1) is 15.1. The predicted molar refractivity (Wildman–Crippen MR) is 117 cm³/mol. The molecular weight excluding hydrogens is 394 g/mol. The third kappa shape index (κ3) is 4.44. The lowest BCUT2D eigenvalue weighted by Gasteiger charge is -2.31. The molecule has 0 heterocycles. The second-order valence-electron chi connectivity index (χ2n) is 8.24. The molecule has 0 unspecified atom stereocenters. The standard InChI is InChI=1S/C25H29NO5/c1-2-14-26(23(24(27)28)16-30-17-8-7-9-17)25(29)31-15-22-20-12-5-3-10-18(20)19-11-4-6-13-21(19)22/h3-6,10-13,17,22-23H,2,7-9,14-16H2,1H3,(H,27,28)/t23-/m0/s1. The van der Waals surface area contributed by atoms with Crippen molar-refractivity contribution >= 4 is 12.1 Å². The number of nitrogens with zero attached hydrogens (tertiary/aromatic N) is 1. The fourth-order valence-electron chi connectivity index (χ4n) is 4.35. The highest BCUT2D eigenvalue weighted by atomic mass is 16.6. The van der Waals surface area contributed by atoms with E-state index >= 15 is 0 Å². The molecule has 0 aliphatic heterocycles. The number of carboxylic acids is 1. The minimum Gasteiger partial charge on any atom is -0.480 e.